The van der Waals surface area contributed by atoms with E-state index in [1.54, 1.807) is 0 Å². The predicted octanol–water partition coefficient (Wildman–Crippen LogP) is 11.2. The molecule has 0 saturated heterocycles. The van der Waals surface area contributed by atoms with Gasteiger partial charge in [0, 0.05) is 5.02 Å². The van der Waals surface area contributed by atoms with Crippen LogP contribution in [0.2, 0.25) is 5.02 Å². The molecule has 0 aromatic heterocycles. The second kappa shape index (κ2) is 8.79. The smallest absolute Gasteiger partial charge is 0.0731 e. The largest absolute Gasteiger partial charge is 0.0843 e. The lowest BCUT2D eigenvalue weighted by atomic mass is 9.69. The number of hydrogen-bond donors (Lipinski definition) is 0. The van der Waals surface area contributed by atoms with Gasteiger partial charge in [-0.2, -0.15) is 0 Å². The molecule has 0 aliphatic heterocycles. The fourth-order valence-electron chi connectivity index (χ4n) is 7.79. The van der Waals surface area contributed by atoms with Crippen LogP contribution in [-0.4, -0.2) is 0 Å². The Bertz CT molecular complexity index is 2200. The van der Waals surface area contributed by atoms with Crippen molar-refractivity contribution < 1.29 is 0 Å². The number of benzene rings is 7. The lowest BCUT2D eigenvalue weighted by molar-refractivity contribution is 0.801. The van der Waals surface area contributed by atoms with Crippen molar-refractivity contribution in [3.05, 3.63) is 179 Å². The van der Waals surface area contributed by atoms with Gasteiger partial charge in [0.15, 0.2) is 0 Å². The summed E-state index contributed by atoms with van der Waals surface area (Å²) in [5.74, 6) is 0. The third-order valence-corrected chi connectivity index (χ3v) is 9.62. The zero-order chi connectivity index (χ0) is 27.8. The van der Waals surface area contributed by atoms with Crippen molar-refractivity contribution in [1.82, 2.24) is 0 Å². The Morgan fingerprint density at radius 1 is 0.381 bits per heavy atom. The molecule has 0 bridgehead atoms. The maximum absolute atomic E-state index is 6.28. The molecule has 0 heterocycles. The topological polar surface area (TPSA) is 0 Å². The number of halogens is 1. The van der Waals surface area contributed by atoms with Gasteiger partial charge in [-0.3, -0.25) is 0 Å². The molecule has 9 rings (SSSR count). The summed E-state index contributed by atoms with van der Waals surface area (Å²) in [6.07, 6.45) is 0. The van der Waals surface area contributed by atoms with Crippen LogP contribution in [0.15, 0.2) is 152 Å². The van der Waals surface area contributed by atoms with Crippen molar-refractivity contribution in [3.63, 3.8) is 0 Å². The Morgan fingerprint density at radius 3 is 1.79 bits per heavy atom. The van der Waals surface area contributed by atoms with Crippen molar-refractivity contribution >= 4 is 22.4 Å². The van der Waals surface area contributed by atoms with E-state index in [2.05, 4.69) is 140 Å². The molecule has 42 heavy (non-hydrogen) atoms. The van der Waals surface area contributed by atoms with E-state index in [0.29, 0.717) is 0 Å². The van der Waals surface area contributed by atoms with Gasteiger partial charge in [-0.05, 0) is 89.7 Å². The van der Waals surface area contributed by atoms with Crippen molar-refractivity contribution in [2.75, 3.05) is 0 Å². The van der Waals surface area contributed by atoms with Crippen molar-refractivity contribution in [1.29, 1.82) is 0 Å². The molecule has 0 N–H and O–H groups in total. The van der Waals surface area contributed by atoms with Crippen LogP contribution in [0.4, 0.5) is 0 Å². The van der Waals surface area contributed by atoms with Crippen molar-refractivity contribution in [3.8, 4) is 44.5 Å². The zero-order valence-electron chi connectivity index (χ0n) is 22.8. The number of fused-ring (bicyclic) bond motifs is 12. The van der Waals surface area contributed by atoms with Gasteiger partial charge in [-0.15, -0.1) is 0 Å². The Balaban J connectivity index is 1.43. The average Bonchev–Trinajstić information content (AvgIpc) is 3.53. The molecule has 7 aromatic carbocycles. The minimum atomic E-state index is -0.399. The summed E-state index contributed by atoms with van der Waals surface area (Å²) in [6, 6.07) is 55.5. The Morgan fingerprint density at radius 2 is 0.976 bits per heavy atom. The summed E-state index contributed by atoms with van der Waals surface area (Å²) >= 11 is 6.28. The summed E-state index contributed by atoms with van der Waals surface area (Å²) in [7, 11) is 0. The molecule has 0 amide bonds. The number of hydrogen-bond acceptors (Lipinski definition) is 0. The van der Waals surface area contributed by atoms with Gasteiger partial charge >= 0.3 is 0 Å². The molecule has 1 spiro atoms. The molecular formula is C41H25Cl. The SMILES string of the molecule is Clc1ccc(-c2ccccc2-c2cccc3c2-c2ccccc2C32c3ccccc3-c3ccc4ccccc4c32)cc1. The monoisotopic (exact) mass is 552 g/mol. The van der Waals surface area contributed by atoms with Crippen LogP contribution in [0.3, 0.4) is 0 Å². The predicted molar refractivity (Wildman–Crippen MR) is 176 cm³/mol. The first kappa shape index (κ1) is 23.8. The summed E-state index contributed by atoms with van der Waals surface area (Å²) in [5.41, 5.74) is 15.2. The van der Waals surface area contributed by atoms with E-state index in [4.69, 9.17) is 11.6 Å². The summed E-state index contributed by atoms with van der Waals surface area (Å²) in [5, 5.41) is 3.35. The van der Waals surface area contributed by atoms with Crippen LogP contribution in [0.25, 0.3) is 55.3 Å². The van der Waals surface area contributed by atoms with E-state index < -0.39 is 5.41 Å². The molecule has 0 fully saturated rings. The molecule has 0 nitrogen and oxygen atoms in total. The minimum absolute atomic E-state index is 0.399. The van der Waals surface area contributed by atoms with Crippen LogP contribution in [0, 0.1) is 0 Å². The highest BCUT2D eigenvalue weighted by Gasteiger charge is 2.52. The zero-order valence-corrected chi connectivity index (χ0v) is 23.6. The standard InChI is InChI=1S/C41H25Cl/c42-28-23-20-27(21-24-28)29-11-3-4-13-31(29)33-16-9-19-38-39(33)35-15-6-8-18-37(35)41(38)36-17-7-5-14-32(36)34-25-22-26-10-1-2-12-30(26)40(34)41/h1-25H. The lowest BCUT2D eigenvalue weighted by Crippen LogP contribution is -2.26. The highest BCUT2D eigenvalue weighted by Crippen LogP contribution is 2.65. The molecule has 2 aliphatic rings. The first-order valence-corrected chi connectivity index (χ1v) is 14.9. The van der Waals surface area contributed by atoms with Gasteiger partial charge in [0.05, 0.1) is 5.41 Å². The fraction of sp³-hybridized carbons (Fsp3) is 0.0244. The van der Waals surface area contributed by atoms with Gasteiger partial charge in [0.25, 0.3) is 0 Å². The maximum Gasteiger partial charge on any atom is 0.0731 e. The van der Waals surface area contributed by atoms with Gasteiger partial charge < -0.3 is 0 Å². The normalized spacial score (nSPS) is 15.8. The van der Waals surface area contributed by atoms with Crippen molar-refractivity contribution in [2.24, 2.45) is 0 Å². The quantitative estimate of drug-likeness (QED) is 0.200. The second-order valence-electron chi connectivity index (χ2n) is 11.3. The van der Waals surface area contributed by atoms with E-state index in [-0.39, 0.29) is 0 Å². The molecule has 1 heteroatoms. The summed E-state index contributed by atoms with van der Waals surface area (Å²) < 4.78 is 0. The molecule has 2 aliphatic carbocycles. The van der Waals surface area contributed by atoms with Crippen LogP contribution >= 0.6 is 11.6 Å². The van der Waals surface area contributed by atoms with Crippen molar-refractivity contribution in [2.45, 2.75) is 5.41 Å². The first-order chi connectivity index (χ1) is 20.8. The highest BCUT2D eigenvalue weighted by atomic mass is 35.5. The Kier molecular flexibility index (Phi) is 4.97. The molecular weight excluding hydrogens is 528 g/mol. The minimum Gasteiger partial charge on any atom is -0.0843 e. The fourth-order valence-corrected chi connectivity index (χ4v) is 7.92. The van der Waals surface area contributed by atoms with E-state index in [1.165, 1.54) is 72.0 Å². The highest BCUT2D eigenvalue weighted by molar-refractivity contribution is 6.30. The summed E-state index contributed by atoms with van der Waals surface area (Å²) in [6.45, 7) is 0. The van der Waals surface area contributed by atoms with E-state index >= 15 is 0 Å². The van der Waals surface area contributed by atoms with E-state index in [9.17, 15) is 0 Å². The average molecular weight is 553 g/mol. The lowest BCUT2D eigenvalue weighted by Gasteiger charge is -2.31. The molecule has 1 atom stereocenters. The van der Waals surface area contributed by atoms with Crippen LogP contribution in [-0.2, 0) is 5.41 Å². The van der Waals surface area contributed by atoms with E-state index in [1.807, 2.05) is 12.1 Å². The Labute approximate surface area is 250 Å². The molecule has 0 saturated carbocycles. The van der Waals surface area contributed by atoms with Crippen LogP contribution < -0.4 is 0 Å². The van der Waals surface area contributed by atoms with Gasteiger partial charge in [-0.1, -0.05) is 151 Å². The molecule has 1 unspecified atom stereocenters. The van der Waals surface area contributed by atoms with Gasteiger partial charge in [0.1, 0.15) is 0 Å². The number of rotatable bonds is 2. The van der Waals surface area contributed by atoms with Gasteiger partial charge in [-0.25, -0.2) is 0 Å². The molecule has 7 aromatic rings. The van der Waals surface area contributed by atoms with E-state index in [0.717, 1.165) is 10.6 Å². The molecule has 196 valence electrons. The second-order valence-corrected chi connectivity index (χ2v) is 11.8. The maximum atomic E-state index is 6.28. The van der Waals surface area contributed by atoms with Gasteiger partial charge in [0.2, 0.25) is 0 Å². The van der Waals surface area contributed by atoms with Crippen LogP contribution in [0.5, 0.6) is 0 Å². The molecule has 0 radical (unpaired) electrons. The first-order valence-electron chi connectivity index (χ1n) is 14.5. The van der Waals surface area contributed by atoms with Crippen LogP contribution in [0.1, 0.15) is 22.3 Å². The Hall–Kier alpha value is -4.91. The third kappa shape index (κ3) is 3.03. The summed E-state index contributed by atoms with van der Waals surface area (Å²) in [4.78, 5) is 0. The third-order valence-electron chi connectivity index (χ3n) is 9.37.